The summed E-state index contributed by atoms with van der Waals surface area (Å²) in [5, 5.41) is 0. The first-order chi connectivity index (χ1) is 6.06. The lowest BCUT2D eigenvalue weighted by molar-refractivity contribution is 0.217. The van der Waals surface area contributed by atoms with Gasteiger partial charge in [-0.05, 0) is 38.6 Å². The maximum absolute atomic E-state index is 2.59. The van der Waals surface area contributed by atoms with Gasteiger partial charge in [0.25, 0.3) is 0 Å². The highest BCUT2D eigenvalue weighted by Crippen LogP contribution is 2.33. The van der Waals surface area contributed by atoms with Crippen LogP contribution in [0.25, 0.3) is 0 Å². The van der Waals surface area contributed by atoms with E-state index in [0.717, 1.165) is 23.9 Å². The maximum Gasteiger partial charge on any atom is 0.0101 e. The van der Waals surface area contributed by atoms with Gasteiger partial charge < -0.3 is 4.90 Å². The third-order valence-corrected chi connectivity index (χ3v) is 3.74. The van der Waals surface area contributed by atoms with Crippen LogP contribution in [0.2, 0.25) is 0 Å². The van der Waals surface area contributed by atoms with Gasteiger partial charge in [-0.15, -0.1) is 0 Å². The summed E-state index contributed by atoms with van der Waals surface area (Å²) in [5.41, 5.74) is 0. The monoisotopic (exact) mass is 183 g/mol. The van der Waals surface area contributed by atoms with Crippen molar-refractivity contribution in [2.75, 3.05) is 7.05 Å². The second-order valence-corrected chi connectivity index (χ2v) is 5.09. The third-order valence-electron chi connectivity index (χ3n) is 3.74. The van der Waals surface area contributed by atoms with Crippen LogP contribution >= 0.6 is 0 Å². The molecule has 0 radical (unpaired) electrons. The quantitative estimate of drug-likeness (QED) is 0.649. The zero-order valence-electron chi connectivity index (χ0n) is 9.88. The number of rotatable bonds is 3. The molecule has 1 saturated heterocycles. The highest BCUT2D eigenvalue weighted by atomic mass is 15.2. The number of likely N-dealkylation sites (tertiary alicyclic amines) is 1. The summed E-state index contributed by atoms with van der Waals surface area (Å²) in [6.07, 6.45) is 4.14. The van der Waals surface area contributed by atoms with Gasteiger partial charge in [-0.2, -0.15) is 0 Å². The molecule has 0 aromatic rings. The van der Waals surface area contributed by atoms with E-state index in [1.54, 1.807) is 0 Å². The Labute approximate surface area is 83.5 Å². The minimum absolute atomic E-state index is 0.800. The molecule has 78 valence electrons. The number of hydrogen-bond donors (Lipinski definition) is 0. The molecule has 1 fully saturated rings. The van der Waals surface area contributed by atoms with Crippen LogP contribution in [0, 0.1) is 11.8 Å². The van der Waals surface area contributed by atoms with Crippen LogP contribution in [-0.2, 0) is 0 Å². The van der Waals surface area contributed by atoms with Crippen molar-refractivity contribution in [3.8, 4) is 0 Å². The molecule has 1 aliphatic rings. The molecule has 0 saturated carbocycles. The molecule has 0 aromatic carbocycles. The predicted octanol–water partition coefficient (Wildman–Crippen LogP) is 3.15. The van der Waals surface area contributed by atoms with Crippen LogP contribution in [0.5, 0.6) is 0 Å². The first-order valence-corrected chi connectivity index (χ1v) is 5.78. The van der Waals surface area contributed by atoms with Crippen molar-refractivity contribution in [2.24, 2.45) is 11.8 Å². The molecule has 1 heterocycles. The van der Waals surface area contributed by atoms with Gasteiger partial charge in [0.2, 0.25) is 0 Å². The summed E-state index contributed by atoms with van der Waals surface area (Å²) in [6, 6.07) is 1.65. The molecule has 13 heavy (non-hydrogen) atoms. The second kappa shape index (κ2) is 4.45. The molecule has 0 bridgehead atoms. The Bertz CT molecular complexity index is 153. The molecule has 0 N–H and O–H groups in total. The number of hydrogen-bond acceptors (Lipinski definition) is 1. The van der Waals surface area contributed by atoms with Crippen LogP contribution in [-0.4, -0.2) is 24.0 Å². The van der Waals surface area contributed by atoms with Crippen molar-refractivity contribution in [3.63, 3.8) is 0 Å². The van der Waals surface area contributed by atoms with Crippen LogP contribution in [0.4, 0.5) is 0 Å². The molecule has 3 unspecified atom stereocenters. The van der Waals surface area contributed by atoms with Crippen LogP contribution in [0.3, 0.4) is 0 Å². The van der Waals surface area contributed by atoms with Crippen LogP contribution in [0.1, 0.15) is 47.0 Å². The maximum atomic E-state index is 2.59. The van der Waals surface area contributed by atoms with Crippen LogP contribution in [0.15, 0.2) is 0 Å². The lowest BCUT2D eigenvalue weighted by Gasteiger charge is -2.25. The highest BCUT2D eigenvalue weighted by Gasteiger charge is 2.34. The lowest BCUT2D eigenvalue weighted by Crippen LogP contribution is -2.32. The fraction of sp³-hybridized carbons (Fsp3) is 1.00. The van der Waals surface area contributed by atoms with Crippen molar-refractivity contribution >= 4 is 0 Å². The topological polar surface area (TPSA) is 3.24 Å². The van der Waals surface area contributed by atoms with Crippen molar-refractivity contribution in [3.05, 3.63) is 0 Å². The smallest absolute Gasteiger partial charge is 0.0101 e. The van der Waals surface area contributed by atoms with Gasteiger partial charge >= 0.3 is 0 Å². The molecule has 0 spiro atoms. The van der Waals surface area contributed by atoms with Crippen LogP contribution < -0.4 is 0 Å². The Morgan fingerprint density at radius 1 is 1.38 bits per heavy atom. The Kier molecular flexibility index (Phi) is 3.78. The molecule has 1 heteroatoms. The van der Waals surface area contributed by atoms with E-state index in [4.69, 9.17) is 0 Å². The van der Waals surface area contributed by atoms with Crippen molar-refractivity contribution in [1.29, 1.82) is 0 Å². The van der Waals surface area contributed by atoms with E-state index in [1.165, 1.54) is 19.3 Å². The largest absolute Gasteiger partial charge is 0.300 e. The normalized spacial score (nSPS) is 36.0. The number of nitrogens with zero attached hydrogens (tertiary/aromatic N) is 1. The Morgan fingerprint density at radius 2 is 2.00 bits per heavy atom. The zero-order valence-corrected chi connectivity index (χ0v) is 9.88. The average molecular weight is 183 g/mol. The van der Waals surface area contributed by atoms with E-state index in [1.807, 2.05) is 0 Å². The van der Waals surface area contributed by atoms with E-state index in [-0.39, 0.29) is 0 Å². The van der Waals surface area contributed by atoms with Gasteiger partial charge in [0, 0.05) is 12.1 Å². The molecule has 1 aliphatic heterocycles. The van der Waals surface area contributed by atoms with Gasteiger partial charge in [0.15, 0.2) is 0 Å². The summed E-state index contributed by atoms with van der Waals surface area (Å²) in [4.78, 5) is 2.59. The summed E-state index contributed by atoms with van der Waals surface area (Å²) >= 11 is 0. The van der Waals surface area contributed by atoms with Gasteiger partial charge in [-0.3, -0.25) is 0 Å². The minimum atomic E-state index is 0.800. The molecule has 3 atom stereocenters. The Hall–Kier alpha value is -0.0400. The summed E-state index contributed by atoms with van der Waals surface area (Å²) in [6.45, 7) is 9.37. The molecular weight excluding hydrogens is 158 g/mol. The summed E-state index contributed by atoms with van der Waals surface area (Å²) in [7, 11) is 2.30. The fourth-order valence-electron chi connectivity index (χ4n) is 2.69. The molecule has 1 rings (SSSR count). The molecular formula is C12H25N. The molecule has 1 nitrogen and oxygen atoms in total. The van der Waals surface area contributed by atoms with E-state index in [9.17, 15) is 0 Å². The van der Waals surface area contributed by atoms with E-state index < -0.39 is 0 Å². The van der Waals surface area contributed by atoms with E-state index in [0.29, 0.717) is 0 Å². The average Bonchev–Trinajstić information content (AvgIpc) is 2.32. The standard InChI is InChI=1S/C12H25N/c1-6-11-8-12(7-9(2)3)13(5)10(11)4/h9-12H,6-8H2,1-5H3. The van der Waals surface area contributed by atoms with Crippen molar-refractivity contribution < 1.29 is 0 Å². The first-order valence-electron chi connectivity index (χ1n) is 5.78. The predicted molar refractivity (Wildman–Crippen MR) is 58.9 cm³/mol. The Morgan fingerprint density at radius 3 is 2.38 bits per heavy atom. The van der Waals surface area contributed by atoms with Crippen molar-refractivity contribution in [1.82, 2.24) is 4.90 Å². The third kappa shape index (κ3) is 2.46. The molecule has 0 aromatic heterocycles. The first kappa shape index (κ1) is 11.0. The minimum Gasteiger partial charge on any atom is -0.300 e. The second-order valence-electron chi connectivity index (χ2n) is 5.09. The Balaban J connectivity index is 2.50. The van der Waals surface area contributed by atoms with Gasteiger partial charge in [0.05, 0.1) is 0 Å². The lowest BCUT2D eigenvalue weighted by atomic mass is 9.94. The van der Waals surface area contributed by atoms with Crippen molar-refractivity contribution in [2.45, 2.75) is 59.0 Å². The highest BCUT2D eigenvalue weighted by molar-refractivity contribution is 4.89. The zero-order chi connectivity index (χ0) is 10.0. The van der Waals surface area contributed by atoms with Gasteiger partial charge in [0.1, 0.15) is 0 Å². The summed E-state index contributed by atoms with van der Waals surface area (Å²) in [5.74, 6) is 1.78. The summed E-state index contributed by atoms with van der Waals surface area (Å²) < 4.78 is 0. The van der Waals surface area contributed by atoms with Gasteiger partial charge in [-0.25, -0.2) is 0 Å². The van der Waals surface area contributed by atoms with E-state index >= 15 is 0 Å². The van der Waals surface area contributed by atoms with E-state index in [2.05, 4.69) is 39.6 Å². The molecule has 0 amide bonds. The fourth-order valence-corrected chi connectivity index (χ4v) is 2.69. The SMILES string of the molecule is CCC1CC(CC(C)C)N(C)C1C. The molecule has 0 aliphatic carbocycles. The van der Waals surface area contributed by atoms with Gasteiger partial charge in [-0.1, -0.05) is 27.2 Å².